The summed E-state index contributed by atoms with van der Waals surface area (Å²) in [6.45, 7) is 0.0157. The predicted octanol–water partition coefficient (Wildman–Crippen LogP) is 3.72. The van der Waals surface area contributed by atoms with Gasteiger partial charge in [-0.05, 0) is 59.0 Å². The predicted molar refractivity (Wildman–Crippen MR) is 83.4 cm³/mol. The van der Waals surface area contributed by atoms with Gasteiger partial charge < -0.3 is 14.6 Å². The zero-order valence-corrected chi connectivity index (χ0v) is 13.3. The minimum Gasteiger partial charge on any atom is -0.496 e. The number of carboxylic acid groups (broad SMARTS) is 1. The van der Waals surface area contributed by atoms with Crippen molar-refractivity contribution in [2.24, 2.45) is 0 Å². The van der Waals surface area contributed by atoms with Crippen molar-refractivity contribution in [3.05, 3.63) is 56.9 Å². The van der Waals surface area contributed by atoms with Crippen LogP contribution in [0.1, 0.15) is 15.9 Å². The average molecular weight is 402 g/mol. The number of rotatable bonds is 5. The molecule has 2 aromatic rings. The van der Waals surface area contributed by atoms with E-state index in [1.165, 1.54) is 31.4 Å². The van der Waals surface area contributed by atoms with Crippen LogP contribution in [0.5, 0.6) is 11.5 Å². The minimum absolute atomic E-state index is 0.0157. The number of carbonyl (C=O) groups is 1. The number of hydrogen-bond donors (Lipinski definition) is 1. The molecule has 0 heterocycles. The van der Waals surface area contributed by atoms with Crippen LogP contribution >= 0.6 is 22.6 Å². The van der Waals surface area contributed by atoms with E-state index in [0.717, 1.165) is 3.57 Å². The van der Waals surface area contributed by atoms with Gasteiger partial charge in [0.25, 0.3) is 0 Å². The second-order valence-electron chi connectivity index (χ2n) is 4.19. The summed E-state index contributed by atoms with van der Waals surface area (Å²) in [4.78, 5) is 11.2. The highest BCUT2D eigenvalue weighted by Crippen LogP contribution is 2.25. The van der Waals surface area contributed by atoms with Gasteiger partial charge in [-0.3, -0.25) is 0 Å². The standard InChI is InChI=1S/C15H12FIO4/c1-20-13-4-2-10(16)6-9(13)8-21-14-5-3-11(17)7-12(14)15(18)19/h2-7H,8H2,1H3,(H,18,19). The van der Waals surface area contributed by atoms with E-state index in [1.807, 2.05) is 22.6 Å². The van der Waals surface area contributed by atoms with Gasteiger partial charge in [0.15, 0.2) is 0 Å². The Labute approximate surface area is 134 Å². The lowest BCUT2D eigenvalue weighted by atomic mass is 10.2. The topological polar surface area (TPSA) is 55.8 Å². The quantitative estimate of drug-likeness (QED) is 0.775. The van der Waals surface area contributed by atoms with E-state index in [4.69, 9.17) is 14.6 Å². The maximum Gasteiger partial charge on any atom is 0.339 e. The fraction of sp³-hybridized carbons (Fsp3) is 0.133. The van der Waals surface area contributed by atoms with Gasteiger partial charge in [0, 0.05) is 9.13 Å². The molecule has 4 nitrogen and oxygen atoms in total. The van der Waals surface area contributed by atoms with Gasteiger partial charge in [0.05, 0.1) is 7.11 Å². The highest BCUT2D eigenvalue weighted by molar-refractivity contribution is 14.1. The summed E-state index contributed by atoms with van der Waals surface area (Å²) in [5.41, 5.74) is 0.574. The van der Waals surface area contributed by atoms with Crippen molar-refractivity contribution in [1.82, 2.24) is 0 Å². The van der Waals surface area contributed by atoms with Crippen LogP contribution in [0.4, 0.5) is 4.39 Å². The van der Waals surface area contributed by atoms with Crippen molar-refractivity contribution in [2.75, 3.05) is 7.11 Å². The molecule has 0 aliphatic heterocycles. The van der Waals surface area contributed by atoms with Crippen molar-refractivity contribution in [2.45, 2.75) is 6.61 Å². The molecule has 0 amide bonds. The maximum atomic E-state index is 13.3. The van der Waals surface area contributed by atoms with Gasteiger partial charge in [-0.1, -0.05) is 0 Å². The molecule has 0 aliphatic rings. The number of halogens is 2. The van der Waals surface area contributed by atoms with Gasteiger partial charge in [-0.15, -0.1) is 0 Å². The molecular weight excluding hydrogens is 390 g/mol. The lowest BCUT2D eigenvalue weighted by Crippen LogP contribution is -2.05. The molecule has 6 heteroatoms. The molecule has 0 spiro atoms. The molecule has 0 aliphatic carbocycles. The summed E-state index contributed by atoms with van der Waals surface area (Å²) in [7, 11) is 1.48. The second-order valence-corrected chi connectivity index (χ2v) is 5.44. The normalized spacial score (nSPS) is 10.2. The Balaban J connectivity index is 2.24. The number of carboxylic acids is 1. The van der Waals surface area contributed by atoms with E-state index in [1.54, 1.807) is 12.1 Å². The summed E-state index contributed by atoms with van der Waals surface area (Å²) in [6, 6.07) is 8.92. The van der Waals surface area contributed by atoms with Crippen molar-refractivity contribution in [3.8, 4) is 11.5 Å². The van der Waals surface area contributed by atoms with E-state index in [2.05, 4.69) is 0 Å². The molecule has 0 saturated heterocycles. The van der Waals surface area contributed by atoms with Crippen LogP contribution in [0.15, 0.2) is 36.4 Å². The highest BCUT2D eigenvalue weighted by atomic mass is 127. The molecule has 0 fully saturated rings. The third-order valence-corrected chi connectivity index (χ3v) is 3.47. The van der Waals surface area contributed by atoms with Gasteiger partial charge >= 0.3 is 5.97 Å². The molecule has 21 heavy (non-hydrogen) atoms. The first-order valence-electron chi connectivity index (χ1n) is 5.99. The zero-order chi connectivity index (χ0) is 15.4. The number of methoxy groups -OCH3 is 1. The van der Waals surface area contributed by atoms with E-state index in [0.29, 0.717) is 11.3 Å². The minimum atomic E-state index is -1.07. The van der Waals surface area contributed by atoms with Crippen LogP contribution in [0.3, 0.4) is 0 Å². The Bertz CT molecular complexity index is 673. The Morgan fingerprint density at radius 1 is 1.24 bits per heavy atom. The molecule has 0 saturated carbocycles. The van der Waals surface area contributed by atoms with E-state index in [-0.39, 0.29) is 17.9 Å². The Hall–Kier alpha value is -1.83. The number of benzene rings is 2. The molecular formula is C15H12FIO4. The molecule has 0 bridgehead atoms. The van der Waals surface area contributed by atoms with Crippen LogP contribution < -0.4 is 9.47 Å². The fourth-order valence-corrected chi connectivity index (χ4v) is 2.30. The summed E-state index contributed by atoms with van der Waals surface area (Å²) >= 11 is 2.02. The largest absolute Gasteiger partial charge is 0.496 e. The lowest BCUT2D eigenvalue weighted by molar-refractivity contribution is 0.0691. The van der Waals surface area contributed by atoms with E-state index >= 15 is 0 Å². The zero-order valence-electron chi connectivity index (χ0n) is 11.1. The lowest BCUT2D eigenvalue weighted by Gasteiger charge is -2.12. The SMILES string of the molecule is COc1ccc(F)cc1COc1ccc(I)cc1C(=O)O. The first kappa shape index (κ1) is 15.6. The molecule has 2 rings (SSSR count). The van der Waals surface area contributed by atoms with Crippen LogP contribution in [0, 0.1) is 9.39 Å². The highest BCUT2D eigenvalue weighted by Gasteiger charge is 2.13. The molecule has 2 aromatic carbocycles. The third kappa shape index (κ3) is 3.84. The van der Waals surface area contributed by atoms with Gasteiger partial charge in [0.2, 0.25) is 0 Å². The summed E-state index contributed by atoms with van der Waals surface area (Å²) in [5.74, 6) is -0.766. The second kappa shape index (κ2) is 6.75. The van der Waals surface area contributed by atoms with Gasteiger partial charge in [0.1, 0.15) is 29.5 Å². The van der Waals surface area contributed by atoms with E-state index < -0.39 is 11.8 Å². The molecule has 0 unspecified atom stereocenters. The Kier molecular flexibility index (Phi) is 5.00. The van der Waals surface area contributed by atoms with Crippen molar-refractivity contribution >= 4 is 28.6 Å². The monoisotopic (exact) mass is 402 g/mol. The molecule has 1 N–H and O–H groups in total. The van der Waals surface area contributed by atoms with Gasteiger partial charge in [-0.2, -0.15) is 0 Å². The fourth-order valence-electron chi connectivity index (χ4n) is 1.81. The Morgan fingerprint density at radius 2 is 1.95 bits per heavy atom. The third-order valence-electron chi connectivity index (χ3n) is 2.80. The van der Waals surface area contributed by atoms with Gasteiger partial charge in [-0.25, -0.2) is 9.18 Å². The van der Waals surface area contributed by atoms with Crippen LogP contribution in [0.2, 0.25) is 0 Å². The first-order valence-corrected chi connectivity index (χ1v) is 7.07. The summed E-state index contributed by atoms with van der Waals surface area (Å²) in [6.07, 6.45) is 0. The van der Waals surface area contributed by atoms with Crippen LogP contribution in [-0.2, 0) is 6.61 Å². The molecule has 0 aromatic heterocycles. The molecule has 0 atom stereocenters. The molecule has 0 radical (unpaired) electrons. The number of aromatic carboxylic acids is 1. The number of hydrogen-bond acceptors (Lipinski definition) is 3. The van der Waals surface area contributed by atoms with Crippen molar-refractivity contribution < 1.29 is 23.8 Å². The first-order chi connectivity index (χ1) is 10.0. The van der Waals surface area contributed by atoms with E-state index in [9.17, 15) is 9.18 Å². The number of ether oxygens (including phenoxy) is 2. The van der Waals surface area contributed by atoms with Crippen molar-refractivity contribution in [3.63, 3.8) is 0 Å². The van der Waals surface area contributed by atoms with Crippen LogP contribution in [-0.4, -0.2) is 18.2 Å². The maximum absolute atomic E-state index is 13.3. The summed E-state index contributed by atoms with van der Waals surface area (Å²) in [5, 5.41) is 9.16. The summed E-state index contributed by atoms with van der Waals surface area (Å²) < 4.78 is 24.7. The van der Waals surface area contributed by atoms with Crippen molar-refractivity contribution in [1.29, 1.82) is 0 Å². The molecule has 110 valence electrons. The average Bonchev–Trinajstić information content (AvgIpc) is 2.46. The van der Waals surface area contributed by atoms with Crippen LogP contribution in [0.25, 0.3) is 0 Å². The Morgan fingerprint density at radius 3 is 2.62 bits per heavy atom. The smallest absolute Gasteiger partial charge is 0.339 e.